The second-order valence-electron chi connectivity index (χ2n) is 8.56. The van der Waals surface area contributed by atoms with E-state index in [-0.39, 0.29) is 5.60 Å². The molecule has 2 saturated carbocycles. The summed E-state index contributed by atoms with van der Waals surface area (Å²) in [7, 11) is 0. The van der Waals surface area contributed by atoms with Crippen LogP contribution in [-0.4, -0.2) is 10.7 Å². The molecule has 2 aliphatic carbocycles. The molecule has 2 fully saturated rings. The summed E-state index contributed by atoms with van der Waals surface area (Å²) in [5.41, 5.74) is 2.92. The normalized spacial score (nSPS) is 28.4. The maximum absolute atomic E-state index is 10.1. The molecule has 0 atom stereocenters. The molecule has 0 saturated heterocycles. The lowest BCUT2D eigenvalue weighted by molar-refractivity contribution is 0.151. The minimum Gasteiger partial charge on any atom is -0.390 e. The number of benzene rings is 1. The van der Waals surface area contributed by atoms with E-state index in [0.29, 0.717) is 5.41 Å². The number of aliphatic hydroxyl groups is 1. The second-order valence-corrected chi connectivity index (χ2v) is 8.56. The molecule has 0 bridgehead atoms. The minimum atomic E-state index is -0.373. The van der Waals surface area contributed by atoms with Gasteiger partial charge in [-0.2, -0.15) is 0 Å². The van der Waals surface area contributed by atoms with Gasteiger partial charge in [-0.15, -0.1) is 0 Å². The zero-order chi connectivity index (χ0) is 15.1. The Morgan fingerprint density at radius 1 is 1.10 bits per heavy atom. The van der Waals surface area contributed by atoms with Gasteiger partial charge in [0.1, 0.15) is 0 Å². The lowest BCUT2D eigenvalue weighted by Gasteiger charge is -2.37. The van der Waals surface area contributed by atoms with Gasteiger partial charge in [-0.05, 0) is 66.9 Å². The van der Waals surface area contributed by atoms with Crippen LogP contribution in [0.1, 0.15) is 76.3 Å². The summed E-state index contributed by atoms with van der Waals surface area (Å²) >= 11 is 0. The zero-order valence-electron chi connectivity index (χ0n) is 13.9. The lowest BCUT2D eigenvalue weighted by atomic mass is 9.68. The molecule has 3 rings (SSSR count). The molecule has 1 N–H and O–H groups in total. The van der Waals surface area contributed by atoms with Crippen molar-refractivity contribution in [3.63, 3.8) is 0 Å². The van der Waals surface area contributed by atoms with E-state index in [1.165, 1.54) is 36.8 Å². The molecule has 0 heterocycles. The van der Waals surface area contributed by atoms with Gasteiger partial charge >= 0.3 is 0 Å². The summed E-state index contributed by atoms with van der Waals surface area (Å²) < 4.78 is 0. The predicted molar refractivity (Wildman–Crippen MR) is 88.5 cm³/mol. The van der Waals surface area contributed by atoms with E-state index in [4.69, 9.17) is 0 Å². The van der Waals surface area contributed by atoms with Crippen LogP contribution in [-0.2, 0) is 6.42 Å². The smallest absolute Gasteiger partial charge is 0.0690 e. The van der Waals surface area contributed by atoms with Gasteiger partial charge < -0.3 is 5.11 Å². The van der Waals surface area contributed by atoms with Crippen LogP contribution in [0.5, 0.6) is 0 Å². The lowest BCUT2D eigenvalue weighted by Crippen LogP contribution is -2.25. The van der Waals surface area contributed by atoms with Gasteiger partial charge in [-0.1, -0.05) is 45.0 Å². The van der Waals surface area contributed by atoms with Gasteiger partial charge in [0.15, 0.2) is 0 Å². The fraction of sp³-hybridized carbons (Fsp3) is 0.700. The third-order valence-electron chi connectivity index (χ3n) is 5.73. The van der Waals surface area contributed by atoms with E-state index < -0.39 is 0 Å². The molecule has 0 aromatic heterocycles. The minimum absolute atomic E-state index is 0.373. The summed E-state index contributed by atoms with van der Waals surface area (Å²) in [4.78, 5) is 0. The topological polar surface area (TPSA) is 20.2 Å². The van der Waals surface area contributed by atoms with Crippen LogP contribution in [0.3, 0.4) is 0 Å². The average molecular weight is 286 g/mol. The maximum atomic E-state index is 10.1. The van der Waals surface area contributed by atoms with Crippen LogP contribution in [0.4, 0.5) is 0 Å². The van der Waals surface area contributed by atoms with E-state index in [1.807, 2.05) is 0 Å². The quantitative estimate of drug-likeness (QED) is 0.822. The molecule has 1 aromatic carbocycles. The van der Waals surface area contributed by atoms with Crippen LogP contribution in [0.25, 0.3) is 0 Å². The van der Waals surface area contributed by atoms with Crippen LogP contribution in [0, 0.1) is 11.3 Å². The van der Waals surface area contributed by atoms with E-state index in [1.54, 1.807) is 0 Å². The molecule has 0 spiro atoms. The summed E-state index contributed by atoms with van der Waals surface area (Å²) in [6, 6.07) is 9.02. The van der Waals surface area contributed by atoms with E-state index in [0.717, 1.165) is 31.1 Å². The van der Waals surface area contributed by atoms with E-state index >= 15 is 0 Å². The Morgan fingerprint density at radius 3 is 2.33 bits per heavy atom. The summed E-state index contributed by atoms with van der Waals surface area (Å²) in [6.07, 6.45) is 8.19. The largest absolute Gasteiger partial charge is 0.390 e. The highest BCUT2D eigenvalue weighted by Gasteiger charge is 2.40. The number of rotatable bonds is 3. The zero-order valence-corrected chi connectivity index (χ0v) is 13.9. The average Bonchev–Trinajstić information content (AvgIpc) is 3.15. The van der Waals surface area contributed by atoms with E-state index in [9.17, 15) is 5.11 Å². The van der Waals surface area contributed by atoms with Gasteiger partial charge in [0.05, 0.1) is 5.60 Å². The third kappa shape index (κ3) is 3.69. The Kier molecular flexibility index (Phi) is 3.90. The molecule has 1 nitrogen and oxygen atoms in total. The Labute approximate surface area is 129 Å². The molecular formula is C20H30O. The van der Waals surface area contributed by atoms with Crippen molar-refractivity contribution in [1.82, 2.24) is 0 Å². The Bertz CT molecular complexity index is 485. The van der Waals surface area contributed by atoms with Crippen LogP contribution < -0.4 is 0 Å². The molecule has 0 aliphatic heterocycles. The number of hydrogen-bond acceptors (Lipinski definition) is 1. The first-order valence-electron chi connectivity index (χ1n) is 8.67. The highest BCUT2D eigenvalue weighted by Crippen LogP contribution is 2.44. The first-order valence-corrected chi connectivity index (χ1v) is 8.67. The maximum Gasteiger partial charge on any atom is 0.0690 e. The Hall–Kier alpha value is -0.820. The molecule has 0 radical (unpaired) electrons. The van der Waals surface area contributed by atoms with Crippen molar-refractivity contribution >= 4 is 0 Å². The fourth-order valence-corrected chi connectivity index (χ4v) is 3.95. The summed E-state index contributed by atoms with van der Waals surface area (Å²) in [5.74, 6) is 1.61. The molecule has 2 aliphatic rings. The first kappa shape index (κ1) is 15.1. The molecule has 1 aromatic rings. The first-order chi connectivity index (χ1) is 9.86. The molecule has 0 unspecified atom stereocenters. The predicted octanol–water partition coefficient (Wildman–Crippen LogP) is 5.07. The van der Waals surface area contributed by atoms with Crippen molar-refractivity contribution in [3.05, 3.63) is 35.4 Å². The molecule has 0 amide bonds. The van der Waals surface area contributed by atoms with Crippen molar-refractivity contribution in [2.45, 2.75) is 77.2 Å². The molecule has 116 valence electrons. The van der Waals surface area contributed by atoms with E-state index in [2.05, 4.69) is 45.0 Å². The van der Waals surface area contributed by atoms with Crippen LogP contribution in [0.2, 0.25) is 0 Å². The second kappa shape index (κ2) is 5.43. The molecule has 1 heteroatoms. The molecule has 21 heavy (non-hydrogen) atoms. The van der Waals surface area contributed by atoms with Gasteiger partial charge in [-0.25, -0.2) is 0 Å². The molecular weight excluding hydrogens is 256 g/mol. The van der Waals surface area contributed by atoms with Crippen LogP contribution in [0.15, 0.2) is 24.3 Å². The van der Waals surface area contributed by atoms with Gasteiger partial charge in [0, 0.05) is 6.42 Å². The number of hydrogen-bond donors (Lipinski definition) is 1. The van der Waals surface area contributed by atoms with Gasteiger partial charge in [-0.3, -0.25) is 0 Å². The summed E-state index contributed by atoms with van der Waals surface area (Å²) in [6.45, 7) is 7.15. The Morgan fingerprint density at radius 2 is 1.76 bits per heavy atom. The van der Waals surface area contributed by atoms with Crippen molar-refractivity contribution in [1.29, 1.82) is 0 Å². The van der Waals surface area contributed by atoms with Crippen molar-refractivity contribution in [2.75, 3.05) is 0 Å². The monoisotopic (exact) mass is 286 g/mol. The Balaban J connectivity index is 1.64. The standard InChI is InChI=1S/C20H30O/c1-19(2,3)18-9-7-16(8-10-18)17-6-4-5-15(13-17)14-20(21)11-12-20/h4-6,13,16,18,21H,7-12,14H2,1-3H3. The highest BCUT2D eigenvalue weighted by atomic mass is 16.3. The van der Waals surface area contributed by atoms with Crippen molar-refractivity contribution in [2.24, 2.45) is 11.3 Å². The highest BCUT2D eigenvalue weighted by molar-refractivity contribution is 5.29. The SMILES string of the molecule is CC(C)(C)C1CCC(c2cccc(CC3(O)CC3)c2)CC1. The van der Waals surface area contributed by atoms with Crippen molar-refractivity contribution in [3.8, 4) is 0 Å². The fourth-order valence-electron chi connectivity index (χ4n) is 3.95. The third-order valence-corrected chi connectivity index (χ3v) is 5.73. The summed E-state index contributed by atoms with van der Waals surface area (Å²) in [5, 5.41) is 10.1. The van der Waals surface area contributed by atoms with Crippen LogP contribution >= 0.6 is 0 Å². The van der Waals surface area contributed by atoms with Crippen molar-refractivity contribution < 1.29 is 5.11 Å². The van der Waals surface area contributed by atoms with Gasteiger partial charge in [0.2, 0.25) is 0 Å². The van der Waals surface area contributed by atoms with Gasteiger partial charge in [0.25, 0.3) is 0 Å².